The fraction of sp³-hybridized carbons (Fsp3) is 0.318. The van der Waals surface area contributed by atoms with Crippen molar-refractivity contribution in [3.63, 3.8) is 0 Å². The Kier molecular flexibility index (Phi) is 6.58. The normalized spacial score (nSPS) is 12.8. The van der Waals surface area contributed by atoms with E-state index in [0.29, 0.717) is 5.56 Å². The van der Waals surface area contributed by atoms with Gasteiger partial charge in [0.25, 0.3) is 5.56 Å². The summed E-state index contributed by atoms with van der Waals surface area (Å²) in [6.45, 7) is 7.86. The highest BCUT2D eigenvalue weighted by atomic mass is 31.2. The number of rotatable bonds is 8. The second-order valence-electron chi connectivity index (χ2n) is 6.94. The van der Waals surface area contributed by atoms with Gasteiger partial charge in [0, 0.05) is 11.2 Å². The first-order valence-electron chi connectivity index (χ1n) is 9.72. The Labute approximate surface area is 170 Å². The first-order chi connectivity index (χ1) is 13.9. The molecule has 154 valence electrons. The predicted molar refractivity (Wildman–Crippen MR) is 118 cm³/mol. The minimum Gasteiger partial charge on any atom is -0.368 e. The first-order valence-corrected chi connectivity index (χ1v) is 11.3. The molecule has 0 aliphatic rings. The van der Waals surface area contributed by atoms with Crippen LogP contribution in [0.3, 0.4) is 0 Å². The van der Waals surface area contributed by atoms with Crippen molar-refractivity contribution in [1.82, 2.24) is 4.98 Å². The maximum Gasteiger partial charge on any atom is 0.357 e. The van der Waals surface area contributed by atoms with Crippen molar-refractivity contribution in [2.75, 3.05) is 18.5 Å². The molecule has 0 saturated carbocycles. The van der Waals surface area contributed by atoms with E-state index in [9.17, 15) is 9.36 Å². The van der Waals surface area contributed by atoms with Crippen LogP contribution in [-0.2, 0) is 13.6 Å². The Morgan fingerprint density at radius 1 is 1.00 bits per heavy atom. The van der Waals surface area contributed by atoms with Gasteiger partial charge in [-0.1, -0.05) is 23.8 Å². The number of hydrogen-bond acceptors (Lipinski definition) is 5. The lowest BCUT2D eigenvalue weighted by Gasteiger charge is -2.28. The zero-order valence-corrected chi connectivity index (χ0v) is 18.1. The van der Waals surface area contributed by atoms with Gasteiger partial charge in [-0.25, -0.2) is 0 Å². The molecule has 0 spiro atoms. The molecule has 0 bridgehead atoms. The van der Waals surface area contributed by atoms with E-state index in [1.165, 1.54) is 0 Å². The average molecular weight is 414 g/mol. The molecule has 1 heterocycles. The van der Waals surface area contributed by atoms with Gasteiger partial charge < -0.3 is 19.3 Å². The van der Waals surface area contributed by atoms with Crippen LogP contribution in [0.2, 0.25) is 0 Å². The van der Waals surface area contributed by atoms with Gasteiger partial charge >= 0.3 is 7.60 Å². The van der Waals surface area contributed by atoms with Crippen LogP contribution in [0.4, 0.5) is 5.69 Å². The van der Waals surface area contributed by atoms with Crippen LogP contribution in [0, 0.1) is 13.8 Å². The number of pyridine rings is 1. The number of aromatic nitrogens is 1. The van der Waals surface area contributed by atoms with Crippen LogP contribution < -0.4 is 10.9 Å². The highest BCUT2D eigenvalue weighted by Crippen LogP contribution is 2.60. The SMILES string of the molecule is CCOP(=O)(OCC)C(Nc1cccc(C)c1)c1cc2cc(C)ccc2[nH]c1=O. The van der Waals surface area contributed by atoms with Crippen molar-refractivity contribution in [2.45, 2.75) is 33.5 Å². The minimum absolute atomic E-state index is 0.202. The van der Waals surface area contributed by atoms with E-state index in [1.54, 1.807) is 19.9 Å². The Bertz CT molecular complexity index is 1100. The van der Waals surface area contributed by atoms with Crippen molar-refractivity contribution in [3.8, 4) is 0 Å². The van der Waals surface area contributed by atoms with Gasteiger partial charge in [-0.2, -0.15) is 0 Å². The third-order valence-electron chi connectivity index (χ3n) is 4.58. The Hall–Kier alpha value is -2.40. The van der Waals surface area contributed by atoms with Crippen LogP contribution in [-0.4, -0.2) is 18.2 Å². The number of benzene rings is 2. The van der Waals surface area contributed by atoms with E-state index in [2.05, 4.69) is 10.3 Å². The van der Waals surface area contributed by atoms with E-state index in [-0.39, 0.29) is 18.8 Å². The number of nitrogens with one attached hydrogen (secondary N) is 2. The second kappa shape index (κ2) is 8.95. The quantitative estimate of drug-likeness (QED) is 0.474. The fourth-order valence-electron chi connectivity index (χ4n) is 3.31. The molecule has 0 aliphatic heterocycles. The summed E-state index contributed by atoms with van der Waals surface area (Å²) in [5.74, 6) is -0.946. The van der Waals surface area contributed by atoms with E-state index < -0.39 is 13.4 Å². The molecule has 0 saturated heterocycles. The summed E-state index contributed by atoms with van der Waals surface area (Å²) >= 11 is 0. The minimum atomic E-state index is -3.68. The topological polar surface area (TPSA) is 80.4 Å². The Balaban J connectivity index is 2.18. The molecule has 1 unspecified atom stereocenters. The smallest absolute Gasteiger partial charge is 0.357 e. The van der Waals surface area contributed by atoms with Crippen molar-refractivity contribution in [3.05, 3.63) is 75.6 Å². The average Bonchev–Trinajstić information content (AvgIpc) is 2.66. The van der Waals surface area contributed by atoms with Crippen molar-refractivity contribution in [2.24, 2.45) is 0 Å². The third-order valence-corrected chi connectivity index (χ3v) is 6.85. The number of fused-ring (bicyclic) bond motifs is 1. The van der Waals surface area contributed by atoms with Crippen LogP contribution in [0.25, 0.3) is 10.9 Å². The monoisotopic (exact) mass is 414 g/mol. The highest BCUT2D eigenvalue weighted by molar-refractivity contribution is 7.54. The van der Waals surface area contributed by atoms with E-state index in [4.69, 9.17) is 9.05 Å². The predicted octanol–water partition coefficient (Wildman–Crippen LogP) is 5.52. The van der Waals surface area contributed by atoms with E-state index >= 15 is 0 Å². The summed E-state index contributed by atoms with van der Waals surface area (Å²) in [4.78, 5) is 15.8. The molecule has 29 heavy (non-hydrogen) atoms. The lowest BCUT2D eigenvalue weighted by Crippen LogP contribution is -2.23. The van der Waals surface area contributed by atoms with Crippen molar-refractivity contribution >= 4 is 24.2 Å². The fourth-order valence-corrected chi connectivity index (χ4v) is 5.24. The lowest BCUT2D eigenvalue weighted by atomic mass is 10.1. The van der Waals surface area contributed by atoms with E-state index in [1.807, 2.05) is 56.3 Å². The first kappa shape index (κ1) is 21.3. The molecule has 3 aromatic rings. The zero-order chi connectivity index (χ0) is 21.0. The van der Waals surface area contributed by atoms with Gasteiger partial charge in [0.1, 0.15) is 0 Å². The van der Waals surface area contributed by atoms with Gasteiger partial charge in [0.2, 0.25) is 0 Å². The molecule has 7 heteroatoms. The number of anilines is 1. The molecule has 0 fully saturated rings. The van der Waals surface area contributed by atoms with Gasteiger partial charge in [-0.15, -0.1) is 0 Å². The second-order valence-corrected chi connectivity index (χ2v) is 9.05. The zero-order valence-electron chi connectivity index (χ0n) is 17.2. The van der Waals surface area contributed by atoms with Crippen molar-refractivity contribution in [1.29, 1.82) is 0 Å². The molecule has 0 aliphatic carbocycles. The summed E-state index contributed by atoms with van der Waals surface area (Å²) in [5, 5.41) is 4.09. The van der Waals surface area contributed by atoms with Gasteiger partial charge in [-0.3, -0.25) is 9.36 Å². The number of aromatic amines is 1. The van der Waals surface area contributed by atoms with Crippen LogP contribution >= 0.6 is 7.60 Å². The van der Waals surface area contributed by atoms with Crippen LogP contribution in [0.1, 0.15) is 36.3 Å². The van der Waals surface area contributed by atoms with Gasteiger partial charge in [0.15, 0.2) is 5.78 Å². The molecule has 0 amide bonds. The van der Waals surface area contributed by atoms with Gasteiger partial charge in [0.05, 0.1) is 18.8 Å². The maximum absolute atomic E-state index is 13.7. The molecule has 6 nitrogen and oxygen atoms in total. The summed E-state index contributed by atoms with van der Waals surface area (Å²) in [7, 11) is -3.68. The molecule has 2 aromatic carbocycles. The standard InChI is InChI=1S/C22H27N2O4P/c1-5-27-29(26,28-6-2)22(23-18-9-7-8-15(3)13-18)19-14-17-12-16(4)10-11-20(17)24-21(19)25/h7-14,22-23H,5-6H2,1-4H3,(H,24,25). The summed E-state index contributed by atoms with van der Waals surface area (Å²) in [6, 6.07) is 15.2. The summed E-state index contributed by atoms with van der Waals surface area (Å²) < 4.78 is 24.9. The molecule has 1 aromatic heterocycles. The maximum atomic E-state index is 13.7. The molecule has 1 atom stereocenters. The Morgan fingerprint density at radius 3 is 2.34 bits per heavy atom. The summed E-state index contributed by atoms with van der Waals surface area (Å²) in [5.41, 5.74) is 3.55. The lowest BCUT2D eigenvalue weighted by molar-refractivity contribution is 0.214. The largest absolute Gasteiger partial charge is 0.368 e. The molecule has 0 radical (unpaired) electrons. The molecule has 2 N–H and O–H groups in total. The third kappa shape index (κ3) is 4.78. The molecular weight excluding hydrogens is 387 g/mol. The summed E-state index contributed by atoms with van der Waals surface area (Å²) in [6.07, 6.45) is 0. The van der Waals surface area contributed by atoms with Gasteiger partial charge in [-0.05, 0) is 69.0 Å². The Morgan fingerprint density at radius 2 is 1.69 bits per heavy atom. The van der Waals surface area contributed by atoms with Crippen LogP contribution in [0.5, 0.6) is 0 Å². The number of H-pyrrole nitrogens is 1. The highest BCUT2D eigenvalue weighted by Gasteiger charge is 2.39. The molecular formula is C22H27N2O4P. The van der Waals surface area contributed by atoms with Crippen molar-refractivity contribution < 1.29 is 13.6 Å². The van der Waals surface area contributed by atoms with E-state index in [0.717, 1.165) is 27.7 Å². The van der Waals surface area contributed by atoms with Crippen LogP contribution in [0.15, 0.2) is 53.3 Å². The number of aryl methyl sites for hydroxylation is 2. The number of hydrogen-bond donors (Lipinski definition) is 2. The molecule has 3 rings (SSSR count).